The maximum Gasteiger partial charge on any atom is 0.119 e. The van der Waals surface area contributed by atoms with Crippen molar-refractivity contribution in [3.63, 3.8) is 0 Å². The van der Waals surface area contributed by atoms with Crippen LogP contribution in [0.2, 0.25) is 5.02 Å². The van der Waals surface area contributed by atoms with Crippen LogP contribution < -0.4 is 5.32 Å². The van der Waals surface area contributed by atoms with E-state index in [2.05, 4.69) is 5.32 Å². The minimum Gasteiger partial charge on any atom is -0.508 e. The minimum absolute atomic E-state index is 0.392. The molecule has 2 N–H and O–H groups in total. The van der Waals surface area contributed by atoms with E-state index in [9.17, 15) is 5.11 Å². The van der Waals surface area contributed by atoms with Crippen molar-refractivity contribution in [3.05, 3.63) is 40.9 Å². The number of rotatable bonds is 1. The van der Waals surface area contributed by atoms with Crippen LogP contribution in [0.3, 0.4) is 0 Å². The average molecular weight is 262 g/mol. The molecule has 0 spiro atoms. The maximum atomic E-state index is 10.2. The molecule has 1 atom stereocenters. The molecule has 18 heavy (non-hydrogen) atoms. The summed E-state index contributed by atoms with van der Waals surface area (Å²) in [6.45, 7) is 2.02. The van der Waals surface area contributed by atoms with E-state index in [0.717, 1.165) is 47.3 Å². The van der Waals surface area contributed by atoms with Crippen molar-refractivity contribution in [1.82, 2.24) is 5.32 Å². The molecule has 1 aliphatic rings. The molecule has 1 saturated heterocycles. The van der Waals surface area contributed by atoms with Gasteiger partial charge >= 0.3 is 0 Å². The molecule has 3 rings (SSSR count). The number of nitrogens with one attached hydrogen (secondary N) is 1. The van der Waals surface area contributed by atoms with Gasteiger partial charge in [-0.15, -0.1) is 0 Å². The molecular weight excluding hydrogens is 246 g/mol. The molecule has 0 aliphatic carbocycles. The molecule has 2 aromatic carbocycles. The van der Waals surface area contributed by atoms with Crippen molar-refractivity contribution in [2.75, 3.05) is 13.1 Å². The second-order valence-corrected chi connectivity index (χ2v) is 5.34. The van der Waals surface area contributed by atoms with Gasteiger partial charge in [0.1, 0.15) is 5.75 Å². The molecule has 0 aromatic heterocycles. The SMILES string of the molecule is Oc1ccc2cc(Cl)ccc2c1C1CCCNC1. The highest BCUT2D eigenvalue weighted by Gasteiger charge is 2.20. The summed E-state index contributed by atoms with van der Waals surface area (Å²) in [5.74, 6) is 0.794. The first-order chi connectivity index (χ1) is 8.75. The second-order valence-electron chi connectivity index (χ2n) is 4.91. The fraction of sp³-hybridized carbons (Fsp3) is 0.333. The van der Waals surface area contributed by atoms with Crippen molar-refractivity contribution in [2.45, 2.75) is 18.8 Å². The summed E-state index contributed by atoms with van der Waals surface area (Å²) >= 11 is 6.02. The van der Waals surface area contributed by atoms with E-state index in [1.54, 1.807) is 6.07 Å². The Kier molecular flexibility index (Phi) is 3.14. The molecule has 1 heterocycles. The molecule has 2 nitrogen and oxygen atoms in total. The van der Waals surface area contributed by atoms with Crippen molar-refractivity contribution in [2.24, 2.45) is 0 Å². The van der Waals surface area contributed by atoms with E-state index in [0.29, 0.717) is 11.7 Å². The molecule has 94 valence electrons. The van der Waals surface area contributed by atoms with Gasteiger partial charge in [-0.25, -0.2) is 0 Å². The fourth-order valence-electron chi connectivity index (χ4n) is 2.84. The number of piperidine rings is 1. The largest absolute Gasteiger partial charge is 0.508 e. The third kappa shape index (κ3) is 2.06. The quantitative estimate of drug-likeness (QED) is 0.821. The summed E-state index contributed by atoms with van der Waals surface area (Å²) in [5.41, 5.74) is 1.07. The van der Waals surface area contributed by atoms with Crippen LogP contribution in [0.5, 0.6) is 5.75 Å². The zero-order valence-electron chi connectivity index (χ0n) is 10.1. The van der Waals surface area contributed by atoms with Gasteiger partial charge in [-0.3, -0.25) is 0 Å². The Hall–Kier alpha value is -1.25. The molecular formula is C15H16ClNO. The van der Waals surface area contributed by atoms with E-state index in [4.69, 9.17) is 11.6 Å². The number of hydrogen-bond acceptors (Lipinski definition) is 2. The van der Waals surface area contributed by atoms with Crippen LogP contribution in [-0.4, -0.2) is 18.2 Å². The van der Waals surface area contributed by atoms with Crippen LogP contribution in [0.1, 0.15) is 24.3 Å². The standard InChI is InChI=1S/C15H16ClNO/c16-12-4-5-13-10(8-12)3-6-14(18)15(13)11-2-1-7-17-9-11/h3-6,8,11,17-18H,1-2,7,9H2. The maximum absolute atomic E-state index is 10.2. The number of phenolic OH excluding ortho intramolecular Hbond substituents is 1. The van der Waals surface area contributed by atoms with Gasteiger partial charge in [0.25, 0.3) is 0 Å². The zero-order valence-corrected chi connectivity index (χ0v) is 10.9. The first-order valence-corrected chi connectivity index (χ1v) is 6.75. The molecule has 1 fully saturated rings. The fourth-order valence-corrected chi connectivity index (χ4v) is 3.02. The Balaban J connectivity index is 2.16. The van der Waals surface area contributed by atoms with Crippen molar-refractivity contribution < 1.29 is 5.11 Å². The van der Waals surface area contributed by atoms with E-state index >= 15 is 0 Å². The van der Waals surface area contributed by atoms with Crippen molar-refractivity contribution in [3.8, 4) is 5.75 Å². The molecule has 3 heteroatoms. The Bertz CT molecular complexity index is 576. The van der Waals surface area contributed by atoms with E-state index in [-0.39, 0.29) is 0 Å². The summed E-state index contributed by atoms with van der Waals surface area (Å²) in [5, 5.41) is 16.5. The topological polar surface area (TPSA) is 32.3 Å². The van der Waals surface area contributed by atoms with Crippen LogP contribution in [0.4, 0.5) is 0 Å². The Morgan fingerprint density at radius 3 is 2.89 bits per heavy atom. The molecule has 0 bridgehead atoms. The Morgan fingerprint density at radius 1 is 1.22 bits per heavy atom. The van der Waals surface area contributed by atoms with Gasteiger partial charge in [0.05, 0.1) is 0 Å². The number of aromatic hydroxyl groups is 1. The molecule has 1 unspecified atom stereocenters. The normalized spacial score (nSPS) is 20.2. The Labute approximate surface area is 112 Å². The first-order valence-electron chi connectivity index (χ1n) is 6.37. The van der Waals surface area contributed by atoms with Crippen LogP contribution in [0, 0.1) is 0 Å². The number of phenols is 1. The second kappa shape index (κ2) is 4.79. The van der Waals surface area contributed by atoms with Gasteiger partial charge in [-0.2, -0.15) is 0 Å². The van der Waals surface area contributed by atoms with E-state index in [1.165, 1.54) is 0 Å². The van der Waals surface area contributed by atoms with Gasteiger partial charge < -0.3 is 10.4 Å². The zero-order chi connectivity index (χ0) is 12.5. The molecule has 2 aromatic rings. The molecule has 1 aliphatic heterocycles. The van der Waals surface area contributed by atoms with Gasteiger partial charge in [0, 0.05) is 23.0 Å². The minimum atomic E-state index is 0.392. The molecule has 0 amide bonds. The number of benzene rings is 2. The summed E-state index contributed by atoms with van der Waals surface area (Å²) in [6, 6.07) is 9.57. The highest BCUT2D eigenvalue weighted by Crippen LogP contribution is 2.37. The summed E-state index contributed by atoms with van der Waals surface area (Å²) < 4.78 is 0. The van der Waals surface area contributed by atoms with Crippen LogP contribution in [0.15, 0.2) is 30.3 Å². The number of halogens is 1. The first kappa shape index (κ1) is 11.8. The molecule has 0 radical (unpaired) electrons. The third-order valence-corrected chi connectivity index (χ3v) is 3.94. The monoisotopic (exact) mass is 261 g/mol. The number of fused-ring (bicyclic) bond motifs is 1. The number of hydrogen-bond donors (Lipinski definition) is 2. The Morgan fingerprint density at radius 2 is 2.11 bits per heavy atom. The van der Waals surface area contributed by atoms with Gasteiger partial charge in [0.2, 0.25) is 0 Å². The molecule has 0 saturated carbocycles. The smallest absolute Gasteiger partial charge is 0.119 e. The highest BCUT2D eigenvalue weighted by atomic mass is 35.5. The van der Waals surface area contributed by atoms with Crippen LogP contribution in [-0.2, 0) is 0 Å². The summed E-state index contributed by atoms with van der Waals surface area (Å²) in [4.78, 5) is 0. The predicted molar refractivity (Wildman–Crippen MR) is 75.5 cm³/mol. The summed E-state index contributed by atoms with van der Waals surface area (Å²) in [7, 11) is 0. The third-order valence-electron chi connectivity index (χ3n) is 3.71. The lowest BCUT2D eigenvalue weighted by atomic mass is 9.87. The highest BCUT2D eigenvalue weighted by molar-refractivity contribution is 6.31. The van der Waals surface area contributed by atoms with Gasteiger partial charge in [-0.1, -0.05) is 23.7 Å². The van der Waals surface area contributed by atoms with Crippen LogP contribution >= 0.6 is 11.6 Å². The van der Waals surface area contributed by atoms with Gasteiger partial charge in [-0.05, 0) is 48.4 Å². The van der Waals surface area contributed by atoms with E-state index < -0.39 is 0 Å². The van der Waals surface area contributed by atoms with Crippen LogP contribution in [0.25, 0.3) is 10.8 Å². The average Bonchev–Trinajstić information content (AvgIpc) is 2.40. The van der Waals surface area contributed by atoms with Gasteiger partial charge in [0.15, 0.2) is 0 Å². The summed E-state index contributed by atoms with van der Waals surface area (Å²) in [6.07, 6.45) is 2.29. The van der Waals surface area contributed by atoms with E-state index in [1.807, 2.05) is 24.3 Å². The van der Waals surface area contributed by atoms with Crippen molar-refractivity contribution in [1.29, 1.82) is 0 Å². The van der Waals surface area contributed by atoms with Crippen molar-refractivity contribution >= 4 is 22.4 Å². The lowest BCUT2D eigenvalue weighted by molar-refractivity contribution is 0.428. The lowest BCUT2D eigenvalue weighted by Gasteiger charge is -2.25. The lowest BCUT2D eigenvalue weighted by Crippen LogP contribution is -2.28. The predicted octanol–water partition coefficient (Wildman–Crippen LogP) is 3.67.